The zero-order valence-electron chi connectivity index (χ0n) is 17.0. The third-order valence-electron chi connectivity index (χ3n) is 5.79. The highest BCUT2D eigenvalue weighted by molar-refractivity contribution is 6.31. The lowest BCUT2D eigenvalue weighted by Crippen LogP contribution is -2.29. The van der Waals surface area contributed by atoms with Gasteiger partial charge in [-0.2, -0.15) is 0 Å². The number of furan rings is 1. The zero-order valence-corrected chi connectivity index (χ0v) is 17.7. The van der Waals surface area contributed by atoms with Crippen LogP contribution < -0.4 is 5.32 Å². The number of fused-ring (bicyclic) bond motifs is 2. The van der Waals surface area contributed by atoms with Crippen molar-refractivity contribution in [2.75, 3.05) is 6.54 Å². The lowest BCUT2D eigenvalue weighted by Gasteiger charge is -2.19. The number of H-pyrrole nitrogens is 1. The summed E-state index contributed by atoms with van der Waals surface area (Å²) < 4.78 is 5.84. The minimum atomic E-state index is -0.231. The Morgan fingerprint density at radius 3 is 2.48 bits per heavy atom. The molecule has 31 heavy (non-hydrogen) atoms. The van der Waals surface area contributed by atoms with Crippen LogP contribution in [0.1, 0.15) is 33.2 Å². The number of halogens is 1. The Morgan fingerprint density at radius 2 is 1.68 bits per heavy atom. The lowest BCUT2D eigenvalue weighted by molar-refractivity contribution is 0.0926. The van der Waals surface area contributed by atoms with Crippen LogP contribution >= 0.6 is 11.6 Å². The molecule has 2 aromatic heterocycles. The average molecular weight is 429 g/mol. The van der Waals surface area contributed by atoms with Crippen molar-refractivity contribution in [2.45, 2.75) is 12.8 Å². The predicted octanol–water partition coefficient (Wildman–Crippen LogP) is 6.44. The molecule has 0 unspecified atom stereocenters. The van der Waals surface area contributed by atoms with Gasteiger partial charge < -0.3 is 14.7 Å². The van der Waals surface area contributed by atoms with Gasteiger partial charge in [-0.3, -0.25) is 4.79 Å². The van der Waals surface area contributed by atoms with Crippen LogP contribution in [0.4, 0.5) is 0 Å². The number of hydrogen-bond acceptors (Lipinski definition) is 2. The molecule has 5 heteroatoms. The monoisotopic (exact) mass is 428 g/mol. The van der Waals surface area contributed by atoms with E-state index in [9.17, 15) is 4.79 Å². The smallest absolute Gasteiger partial charge is 0.287 e. The number of benzene rings is 3. The summed E-state index contributed by atoms with van der Waals surface area (Å²) in [4.78, 5) is 16.4. The molecule has 0 spiro atoms. The Hall–Kier alpha value is -3.50. The van der Waals surface area contributed by atoms with Crippen LogP contribution in [-0.4, -0.2) is 17.4 Å². The van der Waals surface area contributed by atoms with Gasteiger partial charge in [-0.05, 0) is 36.2 Å². The third-order valence-corrected chi connectivity index (χ3v) is 6.14. The van der Waals surface area contributed by atoms with Crippen molar-refractivity contribution >= 4 is 39.4 Å². The molecule has 5 rings (SSSR count). The lowest BCUT2D eigenvalue weighted by atomic mass is 9.90. The van der Waals surface area contributed by atoms with Crippen LogP contribution in [0, 0.1) is 6.92 Å². The van der Waals surface area contributed by atoms with Crippen molar-refractivity contribution in [2.24, 2.45) is 0 Å². The Labute approximate surface area is 184 Å². The van der Waals surface area contributed by atoms with E-state index < -0.39 is 0 Å². The van der Waals surface area contributed by atoms with Gasteiger partial charge in [0.2, 0.25) is 0 Å². The quantitative estimate of drug-likeness (QED) is 0.338. The van der Waals surface area contributed by atoms with Crippen LogP contribution in [0.3, 0.4) is 0 Å². The van der Waals surface area contributed by atoms with Crippen molar-refractivity contribution in [3.8, 4) is 0 Å². The molecule has 0 aliphatic rings. The van der Waals surface area contributed by atoms with Crippen LogP contribution in [0.25, 0.3) is 21.9 Å². The number of aryl methyl sites for hydroxylation is 1. The standard InChI is InChI=1S/C26H21ClN2O2/c1-16-17-8-4-7-13-24(17)31-25(16)26(30)29-15-20(18-9-2-5-11-22(18)27)21-14-28-23-12-6-3-10-19(21)23/h2-14,20,28H,15H2,1H3,(H,29,30)/t20-/m0/s1. The van der Waals surface area contributed by atoms with Gasteiger partial charge in [-0.15, -0.1) is 0 Å². The Balaban J connectivity index is 1.50. The minimum absolute atomic E-state index is 0.113. The van der Waals surface area contributed by atoms with Crippen LogP contribution in [0.15, 0.2) is 83.4 Å². The third kappa shape index (κ3) is 3.49. The van der Waals surface area contributed by atoms with Gasteiger partial charge in [0.1, 0.15) is 5.58 Å². The molecular weight excluding hydrogens is 408 g/mol. The maximum atomic E-state index is 13.0. The van der Waals surface area contributed by atoms with E-state index in [1.54, 1.807) is 0 Å². The van der Waals surface area contributed by atoms with E-state index in [-0.39, 0.29) is 11.8 Å². The summed E-state index contributed by atoms with van der Waals surface area (Å²) in [6.07, 6.45) is 2.00. The first-order valence-electron chi connectivity index (χ1n) is 10.2. The molecular formula is C26H21ClN2O2. The Kier molecular flexibility index (Phi) is 5.00. The molecule has 1 amide bonds. The molecule has 5 aromatic rings. The molecule has 2 N–H and O–H groups in total. The fraction of sp³-hybridized carbons (Fsp3) is 0.115. The molecule has 1 atom stereocenters. The number of amides is 1. The second-order valence-electron chi connectivity index (χ2n) is 7.63. The number of aromatic amines is 1. The van der Waals surface area contributed by atoms with Crippen molar-refractivity contribution in [1.82, 2.24) is 10.3 Å². The predicted molar refractivity (Wildman–Crippen MR) is 125 cm³/mol. The Bertz CT molecular complexity index is 1400. The molecule has 4 nitrogen and oxygen atoms in total. The largest absolute Gasteiger partial charge is 0.451 e. The van der Waals surface area contributed by atoms with E-state index in [0.717, 1.165) is 33.0 Å². The van der Waals surface area contributed by atoms with Crippen LogP contribution in [0.5, 0.6) is 0 Å². The second kappa shape index (κ2) is 7.97. The molecule has 0 aliphatic heterocycles. The van der Waals surface area contributed by atoms with Crippen molar-refractivity contribution in [3.05, 3.63) is 106 Å². The average Bonchev–Trinajstić information content (AvgIpc) is 3.37. The highest BCUT2D eigenvalue weighted by Crippen LogP contribution is 2.34. The summed E-state index contributed by atoms with van der Waals surface area (Å²) in [6.45, 7) is 2.30. The van der Waals surface area contributed by atoms with Crippen LogP contribution in [-0.2, 0) is 0 Å². The topological polar surface area (TPSA) is 58.0 Å². The second-order valence-corrected chi connectivity index (χ2v) is 8.03. The van der Waals surface area contributed by atoms with Gasteiger partial charge in [0.15, 0.2) is 5.76 Å². The molecule has 3 aromatic carbocycles. The SMILES string of the molecule is Cc1c(C(=O)NC[C@@H](c2ccccc2Cl)c2c[nH]c3ccccc23)oc2ccccc12. The van der Waals surface area contributed by atoms with Gasteiger partial charge in [-0.1, -0.05) is 66.2 Å². The van der Waals surface area contributed by atoms with Crippen molar-refractivity contribution in [1.29, 1.82) is 0 Å². The van der Waals surface area contributed by atoms with Gasteiger partial charge in [0.25, 0.3) is 5.91 Å². The van der Waals surface area contributed by atoms with E-state index in [2.05, 4.69) is 16.4 Å². The van der Waals surface area contributed by atoms with Crippen LogP contribution in [0.2, 0.25) is 5.02 Å². The zero-order chi connectivity index (χ0) is 21.4. The normalized spacial score (nSPS) is 12.3. The van der Waals surface area contributed by atoms with Gasteiger partial charge in [0, 0.05) is 45.5 Å². The van der Waals surface area contributed by atoms with Crippen molar-refractivity contribution < 1.29 is 9.21 Å². The summed E-state index contributed by atoms with van der Waals surface area (Å²) in [5.41, 5.74) is 4.66. The number of para-hydroxylation sites is 2. The maximum absolute atomic E-state index is 13.0. The first kappa shape index (κ1) is 19.5. The molecule has 2 heterocycles. The fourth-order valence-corrected chi connectivity index (χ4v) is 4.46. The first-order chi connectivity index (χ1) is 15.1. The van der Waals surface area contributed by atoms with E-state index in [0.29, 0.717) is 22.9 Å². The summed E-state index contributed by atoms with van der Waals surface area (Å²) >= 11 is 6.56. The highest BCUT2D eigenvalue weighted by Gasteiger charge is 2.23. The molecule has 0 saturated heterocycles. The summed E-state index contributed by atoms with van der Waals surface area (Å²) in [6, 6.07) is 23.6. The van der Waals surface area contributed by atoms with E-state index in [1.807, 2.05) is 79.9 Å². The maximum Gasteiger partial charge on any atom is 0.287 e. The van der Waals surface area contributed by atoms with Gasteiger partial charge in [-0.25, -0.2) is 0 Å². The fourth-order valence-electron chi connectivity index (χ4n) is 4.19. The highest BCUT2D eigenvalue weighted by atomic mass is 35.5. The summed E-state index contributed by atoms with van der Waals surface area (Å²) in [5, 5.41) is 5.81. The molecule has 0 aliphatic carbocycles. The minimum Gasteiger partial charge on any atom is -0.451 e. The summed E-state index contributed by atoms with van der Waals surface area (Å²) in [7, 11) is 0. The Morgan fingerprint density at radius 1 is 0.968 bits per heavy atom. The first-order valence-corrected chi connectivity index (χ1v) is 10.6. The molecule has 0 saturated carbocycles. The number of hydrogen-bond donors (Lipinski definition) is 2. The molecule has 0 bridgehead atoms. The number of aromatic nitrogens is 1. The molecule has 0 radical (unpaired) electrons. The van der Waals surface area contributed by atoms with E-state index in [1.165, 1.54) is 0 Å². The van der Waals surface area contributed by atoms with E-state index >= 15 is 0 Å². The van der Waals surface area contributed by atoms with Crippen molar-refractivity contribution in [3.63, 3.8) is 0 Å². The van der Waals surface area contributed by atoms with Gasteiger partial charge in [0.05, 0.1) is 0 Å². The number of nitrogens with one attached hydrogen (secondary N) is 2. The number of carbonyl (C=O) groups excluding carboxylic acids is 1. The molecule has 154 valence electrons. The number of rotatable bonds is 5. The van der Waals surface area contributed by atoms with Gasteiger partial charge >= 0.3 is 0 Å². The molecule has 0 fully saturated rings. The summed E-state index contributed by atoms with van der Waals surface area (Å²) in [5.74, 6) is 0.00196. The van der Waals surface area contributed by atoms with E-state index in [4.69, 9.17) is 16.0 Å². The number of carbonyl (C=O) groups is 1.